The van der Waals surface area contributed by atoms with Gasteiger partial charge in [-0.15, -0.1) is 0 Å². The average molecular weight is 214 g/mol. The van der Waals surface area contributed by atoms with E-state index in [1.165, 1.54) is 32.2 Å². The molecule has 15 heavy (non-hydrogen) atoms. The number of hydrogen-bond acceptors (Lipinski definition) is 3. The van der Waals surface area contributed by atoms with E-state index in [9.17, 15) is 0 Å². The third-order valence-electron chi connectivity index (χ3n) is 3.08. The third-order valence-corrected chi connectivity index (χ3v) is 3.08. The number of unbranched alkanes of at least 4 members (excludes halogenated alkanes) is 1. The van der Waals surface area contributed by atoms with Crippen LogP contribution in [0.25, 0.3) is 0 Å². The number of likely N-dealkylation sites (N-methyl/N-ethyl adjacent to an activating group) is 1. The van der Waals surface area contributed by atoms with Gasteiger partial charge in [-0.1, -0.05) is 6.92 Å². The fraction of sp³-hybridized carbons (Fsp3) is 1.00. The highest BCUT2D eigenvalue weighted by molar-refractivity contribution is 4.69. The van der Waals surface area contributed by atoms with E-state index < -0.39 is 0 Å². The summed E-state index contributed by atoms with van der Waals surface area (Å²) in [5.41, 5.74) is 0. The summed E-state index contributed by atoms with van der Waals surface area (Å²) in [6.45, 7) is 7.86. The Labute approximate surface area is 94.2 Å². The molecule has 0 bridgehead atoms. The number of rotatable bonds is 8. The number of hydrogen-bond donors (Lipinski definition) is 1. The summed E-state index contributed by atoms with van der Waals surface area (Å²) in [6, 6.07) is 0. The molecule has 0 aromatic heterocycles. The number of nitrogens with zero attached hydrogens (tertiary/aromatic N) is 1. The molecular weight excluding hydrogens is 188 g/mol. The third kappa shape index (κ3) is 5.50. The summed E-state index contributed by atoms with van der Waals surface area (Å²) >= 11 is 0. The van der Waals surface area contributed by atoms with Gasteiger partial charge in [0, 0.05) is 13.2 Å². The highest BCUT2D eigenvalue weighted by atomic mass is 16.5. The van der Waals surface area contributed by atoms with Crippen LogP contribution in [0.2, 0.25) is 0 Å². The lowest BCUT2D eigenvalue weighted by molar-refractivity contribution is 0.0743. The first-order valence-electron chi connectivity index (χ1n) is 6.35. The molecule has 1 unspecified atom stereocenters. The Kier molecular flexibility index (Phi) is 6.98. The zero-order valence-corrected chi connectivity index (χ0v) is 10.3. The van der Waals surface area contributed by atoms with Crippen molar-refractivity contribution >= 4 is 0 Å². The minimum atomic E-state index is 0.509. The SMILES string of the molecule is CCN(CCCCNC)CC1CCCO1. The summed E-state index contributed by atoms with van der Waals surface area (Å²) in [7, 11) is 2.02. The first kappa shape index (κ1) is 12.9. The molecule has 0 aromatic rings. The normalized spacial score (nSPS) is 21.4. The van der Waals surface area contributed by atoms with Crippen molar-refractivity contribution < 1.29 is 4.74 Å². The Balaban J connectivity index is 2.06. The molecule has 3 heteroatoms. The van der Waals surface area contributed by atoms with Gasteiger partial charge >= 0.3 is 0 Å². The Morgan fingerprint density at radius 3 is 2.87 bits per heavy atom. The molecule has 1 N–H and O–H groups in total. The molecule has 0 saturated carbocycles. The van der Waals surface area contributed by atoms with Crippen LogP contribution >= 0.6 is 0 Å². The van der Waals surface area contributed by atoms with Crippen LogP contribution in [-0.4, -0.2) is 50.8 Å². The maximum absolute atomic E-state index is 5.66. The van der Waals surface area contributed by atoms with Gasteiger partial charge in [0.15, 0.2) is 0 Å². The second-order valence-electron chi connectivity index (χ2n) is 4.34. The largest absolute Gasteiger partial charge is 0.377 e. The molecule has 0 amide bonds. The van der Waals surface area contributed by atoms with Crippen LogP contribution in [0.1, 0.15) is 32.6 Å². The van der Waals surface area contributed by atoms with Gasteiger partial charge in [-0.05, 0) is 52.4 Å². The van der Waals surface area contributed by atoms with E-state index >= 15 is 0 Å². The van der Waals surface area contributed by atoms with Crippen LogP contribution in [0, 0.1) is 0 Å². The topological polar surface area (TPSA) is 24.5 Å². The van der Waals surface area contributed by atoms with Gasteiger partial charge < -0.3 is 15.0 Å². The fourth-order valence-corrected chi connectivity index (χ4v) is 2.09. The summed E-state index contributed by atoms with van der Waals surface area (Å²) in [4.78, 5) is 2.52. The summed E-state index contributed by atoms with van der Waals surface area (Å²) < 4.78 is 5.66. The van der Waals surface area contributed by atoms with E-state index in [4.69, 9.17) is 4.74 Å². The van der Waals surface area contributed by atoms with Gasteiger partial charge in [0.05, 0.1) is 6.10 Å². The van der Waals surface area contributed by atoms with Gasteiger partial charge in [-0.3, -0.25) is 0 Å². The van der Waals surface area contributed by atoms with Crippen molar-refractivity contribution in [3.63, 3.8) is 0 Å². The molecule has 1 heterocycles. The standard InChI is InChI=1S/C12H26N2O/c1-3-14(9-5-4-8-13-2)11-12-7-6-10-15-12/h12-13H,3-11H2,1-2H3. The summed E-state index contributed by atoms with van der Waals surface area (Å²) in [5, 5.41) is 3.19. The molecule has 90 valence electrons. The maximum atomic E-state index is 5.66. The van der Waals surface area contributed by atoms with E-state index in [2.05, 4.69) is 17.1 Å². The predicted octanol–water partition coefficient (Wildman–Crippen LogP) is 1.49. The number of nitrogens with one attached hydrogen (secondary N) is 1. The molecule has 0 aromatic carbocycles. The van der Waals surface area contributed by atoms with Crippen molar-refractivity contribution in [3.8, 4) is 0 Å². The molecule has 0 aliphatic carbocycles. The van der Waals surface area contributed by atoms with Gasteiger partial charge in [0.25, 0.3) is 0 Å². The van der Waals surface area contributed by atoms with Crippen LogP contribution in [0.3, 0.4) is 0 Å². The van der Waals surface area contributed by atoms with Gasteiger partial charge in [-0.2, -0.15) is 0 Å². The van der Waals surface area contributed by atoms with E-state index in [0.29, 0.717) is 6.10 Å². The lowest BCUT2D eigenvalue weighted by Gasteiger charge is -2.23. The fourth-order valence-electron chi connectivity index (χ4n) is 2.09. The van der Waals surface area contributed by atoms with E-state index in [0.717, 1.165) is 26.2 Å². The summed E-state index contributed by atoms with van der Waals surface area (Å²) in [5.74, 6) is 0. The van der Waals surface area contributed by atoms with Crippen LogP contribution in [0.15, 0.2) is 0 Å². The van der Waals surface area contributed by atoms with Gasteiger partial charge in [0.1, 0.15) is 0 Å². The predicted molar refractivity (Wildman–Crippen MR) is 64.2 cm³/mol. The van der Waals surface area contributed by atoms with Crippen molar-refractivity contribution in [1.82, 2.24) is 10.2 Å². The monoisotopic (exact) mass is 214 g/mol. The van der Waals surface area contributed by atoms with Crippen LogP contribution in [0.4, 0.5) is 0 Å². The minimum Gasteiger partial charge on any atom is -0.377 e. The van der Waals surface area contributed by atoms with Crippen LogP contribution in [0.5, 0.6) is 0 Å². The first-order valence-corrected chi connectivity index (χ1v) is 6.35. The molecule has 1 aliphatic heterocycles. The molecule has 0 spiro atoms. The lowest BCUT2D eigenvalue weighted by Crippen LogP contribution is -2.33. The van der Waals surface area contributed by atoms with Crippen molar-refractivity contribution in [2.45, 2.75) is 38.7 Å². The molecular formula is C12H26N2O. The van der Waals surface area contributed by atoms with E-state index in [1.807, 2.05) is 7.05 Å². The zero-order chi connectivity index (χ0) is 10.9. The second kappa shape index (κ2) is 8.08. The molecule has 1 atom stereocenters. The molecule has 1 rings (SSSR count). The van der Waals surface area contributed by atoms with Crippen molar-refractivity contribution in [3.05, 3.63) is 0 Å². The van der Waals surface area contributed by atoms with Crippen LogP contribution in [-0.2, 0) is 4.74 Å². The average Bonchev–Trinajstić information content (AvgIpc) is 2.75. The molecule has 1 saturated heterocycles. The molecule has 1 fully saturated rings. The molecule has 3 nitrogen and oxygen atoms in total. The second-order valence-corrected chi connectivity index (χ2v) is 4.34. The Bertz CT molecular complexity index is 147. The maximum Gasteiger partial charge on any atom is 0.0702 e. The van der Waals surface area contributed by atoms with Crippen LogP contribution < -0.4 is 5.32 Å². The van der Waals surface area contributed by atoms with Crippen molar-refractivity contribution in [2.75, 3.05) is 39.8 Å². The van der Waals surface area contributed by atoms with Gasteiger partial charge in [-0.25, -0.2) is 0 Å². The quantitative estimate of drug-likeness (QED) is 0.620. The smallest absolute Gasteiger partial charge is 0.0702 e. The Morgan fingerprint density at radius 1 is 1.40 bits per heavy atom. The Morgan fingerprint density at radius 2 is 2.27 bits per heavy atom. The van der Waals surface area contributed by atoms with E-state index in [1.54, 1.807) is 0 Å². The van der Waals surface area contributed by atoms with E-state index in [-0.39, 0.29) is 0 Å². The summed E-state index contributed by atoms with van der Waals surface area (Å²) in [6.07, 6.45) is 5.59. The van der Waals surface area contributed by atoms with Crippen molar-refractivity contribution in [1.29, 1.82) is 0 Å². The highest BCUT2D eigenvalue weighted by Crippen LogP contribution is 2.13. The highest BCUT2D eigenvalue weighted by Gasteiger charge is 2.17. The molecule has 1 aliphatic rings. The zero-order valence-electron chi connectivity index (χ0n) is 10.3. The number of ether oxygens (including phenoxy) is 1. The minimum absolute atomic E-state index is 0.509. The first-order chi connectivity index (χ1) is 7.36. The molecule has 0 radical (unpaired) electrons. The van der Waals surface area contributed by atoms with Crippen molar-refractivity contribution in [2.24, 2.45) is 0 Å². The lowest BCUT2D eigenvalue weighted by atomic mass is 10.2. The van der Waals surface area contributed by atoms with Gasteiger partial charge in [0.2, 0.25) is 0 Å². The Hall–Kier alpha value is -0.120.